The van der Waals surface area contributed by atoms with Gasteiger partial charge in [0.05, 0.1) is 0 Å². The molecule has 0 aliphatic rings. The number of aromatic nitrogens is 2. The molecule has 10 rings (SSSR count). The number of rotatable bonds is 2. The summed E-state index contributed by atoms with van der Waals surface area (Å²) in [7, 11) is 0. The van der Waals surface area contributed by atoms with E-state index in [9.17, 15) is 0 Å². The Labute approximate surface area is 334 Å². The van der Waals surface area contributed by atoms with E-state index in [0.717, 1.165) is 54.3 Å². The molecule has 0 amide bonds. The van der Waals surface area contributed by atoms with E-state index in [4.69, 9.17) is 15.4 Å². The Balaban J connectivity index is 0.000000217. The van der Waals surface area contributed by atoms with Crippen LogP contribution in [0, 0.1) is 31.3 Å². The third-order valence-corrected chi connectivity index (χ3v) is 9.48. The minimum Gasteiger partial charge on any atom is -0.455 e. The number of nitrogens with zero attached hydrogens (tertiary/aromatic N) is 2. The van der Waals surface area contributed by atoms with Crippen LogP contribution in [0.4, 0.5) is 0 Å². The van der Waals surface area contributed by atoms with Gasteiger partial charge in [0.25, 0.3) is 0 Å². The van der Waals surface area contributed by atoms with Gasteiger partial charge in [0.2, 0.25) is 0 Å². The molecule has 3 nitrogen and oxygen atoms in total. The maximum atomic E-state index is 8.46. The van der Waals surface area contributed by atoms with Crippen molar-refractivity contribution in [3.63, 3.8) is 0 Å². The van der Waals surface area contributed by atoms with Gasteiger partial charge in [-0.1, -0.05) is 86.8 Å². The Morgan fingerprint density at radius 1 is 0.679 bits per heavy atom. The van der Waals surface area contributed by atoms with Gasteiger partial charge in [-0.15, -0.1) is 65.5 Å². The second-order valence-corrected chi connectivity index (χ2v) is 14.1. The fourth-order valence-electron chi connectivity index (χ4n) is 7.23. The van der Waals surface area contributed by atoms with Crippen LogP contribution in [0.5, 0.6) is 0 Å². The van der Waals surface area contributed by atoms with Crippen LogP contribution < -0.4 is 0 Å². The zero-order valence-corrected chi connectivity index (χ0v) is 31.7. The van der Waals surface area contributed by atoms with Crippen molar-refractivity contribution in [2.75, 3.05) is 0 Å². The maximum absolute atomic E-state index is 8.46. The van der Waals surface area contributed by atoms with E-state index in [2.05, 4.69) is 52.4 Å². The zero-order valence-electron chi connectivity index (χ0n) is 37.3. The first-order valence-electron chi connectivity index (χ1n) is 21.2. The first-order chi connectivity index (χ1) is 28.4. The summed E-state index contributed by atoms with van der Waals surface area (Å²) in [4.78, 5) is 8.91. The predicted molar refractivity (Wildman–Crippen MR) is 219 cm³/mol. The smallest absolute Gasteiger partial charge is 0.142 e. The van der Waals surface area contributed by atoms with Crippen molar-refractivity contribution >= 4 is 75.9 Å². The number of hydrogen-bond donors (Lipinski definition) is 0. The average Bonchev–Trinajstić information content (AvgIpc) is 3.59. The van der Waals surface area contributed by atoms with Crippen LogP contribution in [0.3, 0.4) is 0 Å². The van der Waals surface area contributed by atoms with Gasteiger partial charge < -0.3 is 14.4 Å². The number of furan rings is 1. The topological polar surface area (TPSA) is 38.9 Å². The van der Waals surface area contributed by atoms with Crippen molar-refractivity contribution in [2.24, 2.45) is 5.41 Å². The van der Waals surface area contributed by atoms with Crippen molar-refractivity contribution < 1.29 is 35.5 Å². The number of hydrogen-bond acceptors (Lipinski definition) is 3. The summed E-state index contributed by atoms with van der Waals surface area (Å²) >= 11 is 0. The van der Waals surface area contributed by atoms with Crippen molar-refractivity contribution in [3.05, 3.63) is 156 Å². The van der Waals surface area contributed by atoms with Crippen molar-refractivity contribution in [3.8, 4) is 11.3 Å². The van der Waals surface area contributed by atoms with Gasteiger partial charge in [-0.25, -0.2) is 0 Å². The first kappa shape index (κ1) is 26.4. The summed E-state index contributed by atoms with van der Waals surface area (Å²) < 4.78 is 72.9. The second-order valence-electron chi connectivity index (χ2n) is 14.1. The molecule has 0 spiro atoms. The Morgan fingerprint density at radius 2 is 1.49 bits per heavy atom. The molecule has 53 heavy (non-hydrogen) atoms. The molecule has 7 aromatic carbocycles. The normalized spacial score (nSPS) is 14.8. The molecule has 0 saturated carbocycles. The fourth-order valence-corrected chi connectivity index (χ4v) is 7.23. The van der Waals surface area contributed by atoms with Gasteiger partial charge in [-0.2, -0.15) is 0 Å². The van der Waals surface area contributed by atoms with E-state index in [0.29, 0.717) is 33.0 Å². The summed E-state index contributed by atoms with van der Waals surface area (Å²) in [5.74, 6) is 0. The van der Waals surface area contributed by atoms with E-state index in [1.54, 1.807) is 12.3 Å². The Bertz CT molecular complexity index is 3300. The van der Waals surface area contributed by atoms with Gasteiger partial charge >= 0.3 is 0 Å². The Morgan fingerprint density at radius 3 is 2.28 bits per heavy atom. The largest absolute Gasteiger partial charge is 0.455 e. The van der Waals surface area contributed by atoms with Crippen LogP contribution >= 0.6 is 0 Å². The minimum absolute atomic E-state index is 0. The molecule has 261 valence electrons. The van der Waals surface area contributed by atoms with Crippen LogP contribution in [0.25, 0.3) is 87.2 Å². The Kier molecular flexibility index (Phi) is 6.73. The molecule has 0 atom stereocenters. The van der Waals surface area contributed by atoms with Crippen molar-refractivity contribution in [1.29, 1.82) is 0 Å². The van der Waals surface area contributed by atoms with E-state index in [-0.39, 0.29) is 36.6 Å². The van der Waals surface area contributed by atoms with Crippen LogP contribution in [0.1, 0.15) is 48.4 Å². The van der Waals surface area contributed by atoms with Gasteiger partial charge in [-0.05, 0) is 97.8 Å². The molecule has 10 aromatic rings. The first-order valence-corrected chi connectivity index (χ1v) is 17.2. The molecule has 0 aliphatic heterocycles. The number of pyridine rings is 2. The zero-order chi connectivity index (χ0) is 42.4. The fraction of sp³-hybridized carbons (Fsp3) is 0.143. The molecule has 4 heteroatoms. The summed E-state index contributed by atoms with van der Waals surface area (Å²) in [5.41, 5.74) is 2.93. The minimum atomic E-state index is -2.72. The maximum Gasteiger partial charge on any atom is 0.142 e. The van der Waals surface area contributed by atoms with Crippen molar-refractivity contribution in [1.82, 2.24) is 9.97 Å². The van der Waals surface area contributed by atoms with Gasteiger partial charge in [0, 0.05) is 59.6 Å². The summed E-state index contributed by atoms with van der Waals surface area (Å²) in [5, 5.41) is 9.09. The van der Waals surface area contributed by atoms with E-state index in [1.165, 1.54) is 6.20 Å². The average molecular weight is 871 g/mol. The number of benzene rings is 7. The quantitative estimate of drug-likeness (QED) is 0.128. The summed E-state index contributed by atoms with van der Waals surface area (Å²) in [6, 6.07) is 43.7. The van der Waals surface area contributed by atoms with Crippen LogP contribution in [0.2, 0.25) is 0 Å². The molecule has 0 aliphatic carbocycles. The molecule has 0 N–H and O–H groups in total. The predicted octanol–water partition coefficient (Wildman–Crippen LogP) is 13.3. The van der Waals surface area contributed by atoms with Crippen LogP contribution in [0.15, 0.2) is 132 Å². The van der Waals surface area contributed by atoms with Gasteiger partial charge in [0.1, 0.15) is 11.2 Å². The molecule has 3 aromatic heterocycles. The molecular weight excluding hydrogens is 825 g/mol. The third kappa shape index (κ3) is 6.16. The molecule has 0 unspecified atom stereocenters. The van der Waals surface area contributed by atoms with Gasteiger partial charge in [0.15, 0.2) is 0 Å². The van der Waals surface area contributed by atoms with Crippen LogP contribution in [-0.4, -0.2) is 9.97 Å². The SMILES string of the molecule is [2H]C([2H])([2H])c1cnc2c3[c-]cccc3c3ccc4c5cc6ccc7ccccc7c6cc5oc4c3c2c1C([2H])([2H])[2H].[2H]C([2H])(c1ccc(-c2[c-]cccc2)nc1)C(C)(C)C.[Ir]. The standard InChI is InChI=1S/C33H20NO.C16H18N.Ir/c1-18-17-34-32-25-10-6-5-9-23(25)24-13-14-26-28-15-21-12-11-20-7-3-4-8-22(20)27(21)16-29(28)35-33(26)31(24)30(32)19(18)2;1-16(2,3)11-13-9-10-15(17-12-13)14-7-5-4-6-8-14;/h3-9,11-17H,1-2H3;4-7,9-10,12H,11H2,1-3H3;/q2*-1;/i1D3,2D3;11D2;. The van der Waals surface area contributed by atoms with E-state index in [1.807, 2.05) is 99.6 Å². The molecule has 1 radical (unpaired) electrons. The van der Waals surface area contributed by atoms with Crippen LogP contribution in [-0.2, 0) is 26.5 Å². The third-order valence-electron chi connectivity index (χ3n) is 9.48. The molecule has 0 bridgehead atoms. The van der Waals surface area contributed by atoms with Gasteiger partial charge in [-0.3, -0.25) is 0 Å². The molecule has 0 fully saturated rings. The summed E-state index contributed by atoms with van der Waals surface area (Å²) in [6.45, 7) is 0.291. The number of fused-ring (bicyclic) bond motifs is 13. The number of aryl methyl sites for hydroxylation is 2. The monoisotopic (exact) mass is 871 g/mol. The molecule has 3 heterocycles. The van der Waals surface area contributed by atoms with E-state index >= 15 is 0 Å². The van der Waals surface area contributed by atoms with Crippen molar-refractivity contribution in [2.45, 2.75) is 40.8 Å². The second kappa shape index (κ2) is 13.5. The summed E-state index contributed by atoms with van der Waals surface area (Å²) in [6.07, 6.45) is 1.40. The Hall–Kier alpha value is -5.41. The molecule has 0 saturated heterocycles. The van der Waals surface area contributed by atoms with E-state index < -0.39 is 25.5 Å². The molecular formula is C49H38IrN2O-2.